The van der Waals surface area contributed by atoms with Gasteiger partial charge >= 0.3 is 0 Å². The van der Waals surface area contributed by atoms with Gasteiger partial charge in [0.05, 0.1) is 0 Å². The Kier molecular flexibility index (Phi) is 9.20. The Bertz CT molecular complexity index is 371. The zero-order chi connectivity index (χ0) is 14.6. The fourth-order valence-corrected chi connectivity index (χ4v) is 2.69. The van der Waals surface area contributed by atoms with E-state index in [0.717, 1.165) is 31.0 Å². The van der Waals surface area contributed by atoms with Crippen molar-refractivity contribution >= 4 is 23.4 Å². The van der Waals surface area contributed by atoms with E-state index in [-0.39, 0.29) is 0 Å². The minimum absolute atomic E-state index is 0.948. The average molecular weight is 296 g/mol. The van der Waals surface area contributed by atoms with Gasteiger partial charge in [-0.15, -0.1) is 0 Å². The van der Waals surface area contributed by atoms with Crippen molar-refractivity contribution < 1.29 is 0 Å². The minimum Gasteiger partial charge on any atom is -0.373 e. The number of rotatable bonds is 11. The number of unbranched alkanes of at least 4 members (excludes halogenated alkanes) is 3. The van der Waals surface area contributed by atoms with Crippen molar-refractivity contribution in [1.29, 1.82) is 0 Å². The van der Waals surface area contributed by atoms with E-state index in [1.54, 1.807) is 6.33 Å². The molecule has 2 N–H and O–H groups in total. The van der Waals surface area contributed by atoms with Gasteiger partial charge in [0.2, 0.25) is 0 Å². The third-order valence-corrected chi connectivity index (χ3v) is 3.95. The Labute approximate surface area is 127 Å². The summed E-state index contributed by atoms with van der Waals surface area (Å²) in [5.74, 6) is 3.23. The molecule has 0 amide bonds. The molecule has 20 heavy (non-hydrogen) atoms. The highest BCUT2D eigenvalue weighted by Crippen LogP contribution is 2.21. The van der Waals surface area contributed by atoms with Crippen LogP contribution in [0.5, 0.6) is 0 Å². The highest BCUT2D eigenvalue weighted by atomic mass is 32.2. The van der Waals surface area contributed by atoms with Crippen LogP contribution in [-0.4, -0.2) is 35.6 Å². The van der Waals surface area contributed by atoms with Gasteiger partial charge in [-0.1, -0.05) is 26.2 Å². The second-order valence-electron chi connectivity index (χ2n) is 4.88. The lowest BCUT2D eigenvalue weighted by atomic mass is 10.1. The number of hydrogen-bond acceptors (Lipinski definition) is 5. The number of nitrogens with one attached hydrogen (secondary N) is 2. The molecule has 114 valence electrons. The third-order valence-electron chi connectivity index (χ3n) is 3.25. The van der Waals surface area contributed by atoms with E-state index >= 15 is 0 Å². The second kappa shape index (κ2) is 10.8. The molecule has 0 spiro atoms. The molecule has 5 heteroatoms. The molecule has 1 aromatic rings. The van der Waals surface area contributed by atoms with Crippen LogP contribution in [0.4, 0.5) is 11.6 Å². The quantitative estimate of drug-likeness (QED) is 0.608. The van der Waals surface area contributed by atoms with Crippen LogP contribution in [0.2, 0.25) is 0 Å². The predicted molar refractivity (Wildman–Crippen MR) is 90.9 cm³/mol. The third kappa shape index (κ3) is 5.99. The normalized spacial score (nSPS) is 10.6. The van der Waals surface area contributed by atoms with Gasteiger partial charge in [0.25, 0.3) is 0 Å². The summed E-state index contributed by atoms with van der Waals surface area (Å²) in [5.41, 5.74) is 1.21. The van der Waals surface area contributed by atoms with E-state index in [4.69, 9.17) is 0 Å². The van der Waals surface area contributed by atoms with Crippen molar-refractivity contribution in [3.63, 3.8) is 0 Å². The van der Waals surface area contributed by atoms with Gasteiger partial charge in [0.15, 0.2) is 0 Å². The van der Waals surface area contributed by atoms with Crippen LogP contribution < -0.4 is 10.6 Å². The van der Waals surface area contributed by atoms with E-state index in [1.807, 2.05) is 18.8 Å². The standard InChI is InChI=1S/C15H28N4S/c1-4-9-13-14(16-2)18-12-19-15(13)17-10-7-5-6-8-11-20-3/h12H,4-11H2,1-3H3,(H2,16,17,18,19). The maximum absolute atomic E-state index is 4.39. The number of aromatic nitrogens is 2. The molecule has 4 nitrogen and oxygen atoms in total. The van der Waals surface area contributed by atoms with Gasteiger partial charge in [-0.2, -0.15) is 11.8 Å². The van der Waals surface area contributed by atoms with E-state index in [0.29, 0.717) is 0 Å². The highest BCUT2D eigenvalue weighted by molar-refractivity contribution is 7.98. The first kappa shape index (κ1) is 17.1. The summed E-state index contributed by atoms with van der Waals surface area (Å²) in [6.07, 6.45) is 11.1. The molecule has 0 aromatic carbocycles. The van der Waals surface area contributed by atoms with Gasteiger partial charge in [0, 0.05) is 19.2 Å². The summed E-state index contributed by atoms with van der Waals surface area (Å²) in [6.45, 7) is 3.18. The van der Waals surface area contributed by atoms with Gasteiger partial charge in [0.1, 0.15) is 18.0 Å². The Morgan fingerprint density at radius 2 is 1.85 bits per heavy atom. The van der Waals surface area contributed by atoms with E-state index < -0.39 is 0 Å². The fraction of sp³-hybridized carbons (Fsp3) is 0.733. The first-order valence-electron chi connectivity index (χ1n) is 7.57. The Hall–Kier alpha value is -0.970. The zero-order valence-electron chi connectivity index (χ0n) is 13.0. The molecule has 0 bridgehead atoms. The summed E-state index contributed by atoms with van der Waals surface area (Å²) >= 11 is 1.93. The van der Waals surface area contributed by atoms with Crippen LogP contribution >= 0.6 is 11.8 Å². The molecule has 0 saturated carbocycles. The van der Waals surface area contributed by atoms with E-state index in [1.165, 1.54) is 37.0 Å². The fourth-order valence-electron chi connectivity index (χ4n) is 2.20. The van der Waals surface area contributed by atoms with E-state index in [2.05, 4.69) is 33.8 Å². The first-order chi connectivity index (χ1) is 9.83. The molecule has 0 atom stereocenters. The molecule has 0 aliphatic carbocycles. The summed E-state index contributed by atoms with van der Waals surface area (Å²) in [7, 11) is 1.91. The lowest BCUT2D eigenvalue weighted by molar-refractivity contribution is 0.687. The van der Waals surface area contributed by atoms with Gasteiger partial charge in [-0.3, -0.25) is 0 Å². The molecular formula is C15H28N4S. The van der Waals surface area contributed by atoms with Crippen molar-refractivity contribution in [3.05, 3.63) is 11.9 Å². The Balaban J connectivity index is 2.39. The monoisotopic (exact) mass is 296 g/mol. The van der Waals surface area contributed by atoms with E-state index in [9.17, 15) is 0 Å². The van der Waals surface area contributed by atoms with Crippen molar-refractivity contribution in [2.24, 2.45) is 0 Å². The average Bonchev–Trinajstić information content (AvgIpc) is 2.48. The smallest absolute Gasteiger partial charge is 0.134 e. The molecule has 1 aromatic heterocycles. The lowest BCUT2D eigenvalue weighted by Crippen LogP contribution is -2.09. The van der Waals surface area contributed by atoms with Gasteiger partial charge in [-0.25, -0.2) is 9.97 Å². The number of hydrogen-bond donors (Lipinski definition) is 2. The molecule has 0 radical (unpaired) electrons. The molecule has 0 aliphatic rings. The summed E-state index contributed by atoms with van der Waals surface area (Å²) in [5, 5.41) is 6.62. The van der Waals surface area contributed by atoms with Gasteiger partial charge < -0.3 is 10.6 Å². The molecular weight excluding hydrogens is 268 g/mol. The number of anilines is 2. The first-order valence-corrected chi connectivity index (χ1v) is 8.97. The number of nitrogens with zero attached hydrogens (tertiary/aromatic N) is 2. The van der Waals surface area contributed by atoms with Crippen molar-refractivity contribution in [2.45, 2.75) is 45.4 Å². The Morgan fingerprint density at radius 3 is 2.55 bits per heavy atom. The van der Waals surface area contributed by atoms with Crippen molar-refractivity contribution in [2.75, 3.05) is 36.2 Å². The SMILES string of the molecule is CCCc1c(NC)ncnc1NCCCCCCSC. The van der Waals surface area contributed by atoms with Crippen LogP contribution in [0.3, 0.4) is 0 Å². The topological polar surface area (TPSA) is 49.8 Å². The summed E-state index contributed by atoms with van der Waals surface area (Å²) < 4.78 is 0. The van der Waals surface area contributed by atoms with Crippen LogP contribution in [0.1, 0.15) is 44.6 Å². The Morgan fingerprint density at radius 1 is 1.10 bits per heavy atom. The van der Waals surface area contributed by atoms with Crippen LogP contribution in [0, 0.1) is 0 Å². The van der Waals surface area contributed by atoms with Gasteiger partial charge in [-0.05, 0) is 31.3 Å². The molecule has 0 aliphatic heterocycles. The summed E-state index contributed by atoms with van der Waals surface area (Å²) in [6, 6.07) is 0. The largest absolute Gasteiger partial charge is 0.373 e. The van der Waals surface area contributed by atoms with Crippen LogP contribution in [0.25, 0.3) is 0 Å². The highest BCUT2D eigenvalue weighted by Gasteiger charge is 2.08. The predicted octanol–water partition coefficient (Wildman–Crippen LogP) is 3.81. The number of thioether (sulfide) groups is 1. The maximum atomic E-state index is 4.39. The van der Waals surface area contributed by atoms with Crippen molar-refractivity contribution in [3.8, 4) is 0 Å². The minimum atomic E-state index is 0.948. The zero-order valence-corrected chi connectivity index (χ0v) is 13.9. The molecule has 1 heterocycles. The molecule has 0 fully saturated rings. The second-order valence-corrected chi connectivity index (χ2v) is 5.87. The maximum Gasteiger partial charge on any atom is 0.134 e. The van der Waals surface area contributed by atoms with Crippen LogP contribution in [-0.2, 0) is 6.42 Å². The van der Waals surface area contributed by atoms with Crippen molar-refractivity contribution in [1.82, 2.24) is 9.97 Å². The van der Waals surface area contributed by atoms with Crippen LogP contribution in [0.15, 0.2) is 6.33 Å². The molecule has 0 saturated heterocycles. The molecule has 1 rings (SSSR count). The summed E-state index contributed by atoms with van der Waals surface area (Å²) in [4.78, 5) is 8.68. The molecule has 0 unspecified atom stereocenters. The lowest BCUT2D eigenvalue weighted by Gasteiger charge is -2.13.